The Morgan fingerprint density at radius 3 is 2.36 bits per heavy atom. The number of hydrogen-bond acceptors (Lipinski definition) is 5. The zero-order valence-electron chi connectivity index (χ0n) is 18.1. The van der Waals surface area contributed by atoms with Crippen LogP contribution in [-0.4, -0.2) is 29.3 Å². The lowest BCUT2D eigenvalue weighted by molar-refractivity contribution is -0.115. The second kappa shape index (κ2) is 11.3. The molecule has 0 aliphatic rings. The number of nitrogens with two attached hydrogens (primary N) is 1. The van der Waals surface area contributed by atoms with Gasteiger partial charge >= 0.3 is 0 Å². The number of nitrogens with one attached hydrogen (secondary N) is 3. The van der Waals surface area contributed by atoms with Crippen LogP contribution in [0.25, 0.3) is 0 Å². The van der Waals surface area contributed by atoms with Crippen LogP contribution < -0.4 is 26.4 Å². The molecule has 33 heavy (non-hydrogen) atoms. The number of carbonyl (C=O) groups is 2. The van der Waals surface area contributed by atoms with E-state index in [0.717, 1.165) is 16.3 Å². The number of rotatable bonds is 8. The topological polar surface area (TPSA) is 105 Å². The summed E-state index contributed by atoms with van der Waals surface area (Å²) in [5.74, 6) is -0.146. The molecular formula is C24H24N4O3S2. The maximum Gasteiger partial charge on any atom is 0.250 e. The van der Waals surface area contributed by atoms with Gasteiger partial charge in [-0.2, -0.15) is 0 Å². The average Bonchev–Trinajstić information content (AvgIpc) is 2.79. The van der Waals surface area contributed by atoms with Crippen LogP contribution in [0.3, 0.4) is 0 Å². The van der Waals surface area contributed by atoms with Crippen molar-refractivity contribution in [1.29, 1.82) is 0 Å². The van der Waals surface area contributed by atoms with Gasteiger partial charge in [-0.25, -0.2) is 0 Å². The zero-order chi connectivity index (χ0) is 23.8. The number of primary amides is 1. The minimum Gasteiger partial charge on any atom is -0.495 e. The quantitative estimate of drug-likeness (QED) is 0.273. The number of para-hydroxylation sites is 3. The molecule has 9 heteroatoms. The second-order valence-electron chi connectivity index (χ2n) is 6.97. The summed E-state index contributed by atoms with van der Waals surface area (Å²) in [7, 11) is 1.60. The van der Waals surface area contributed by atoms with Crippen LogP contribution in [0.15, 0.2) is 77.7 Å². The lowest BCUT2D eigenvalue weighted by atomic mass is 10.1. The molecule has 1 atom stereocenters. The molecule has 0 spiro atoms. The Labute approximate surface area is 202 Å². The molecule has 1 unspecified atom stereocenters. The first-order chi connectivity index (χ1) is 15.9. The van der Waals surface area contributed by atoms with Gasteiger partial charge in [0.1, 0.15) is 5.75 Å². The van der Waals surface area contributed by atoms with Crippen LogP contribution in [0, 0.1) is 0 Å². The first-order valence-electron chi connectivity index (χ1n) is 10.0. The van der Waals surface area contributed by atoms with Crippen LogP contribution in [0.2, 0.25) is 0 Å². The van der Waals surface area contributed by atoms with Crippen LogP contribution in [-0.2, 0) is 4.79 Å². The van der Waals surface area contributed by atoms with E-state index in [-0.39, 0.29) is 11.5 Å². The SMILES string of the molecule is COc1ccccc1NC(=S)Nc1cccc(SC(C)C(=O)Nc2ccccc2C(N)=O)c1. The largest absolute Gasteiger partial charge is 0.495 e. The summed E-state index contributed by atoms with van der Waals surface area (Å²) >= 11 is 6.80. The van der Waals surface area contributed by atoms with Crippen LogP contribution in [0.4, 0.5) is 17.1 Å². The maximum atomic E-state index is 12.7. The zero-order valence-corrected chi connectivity index (χ0v) is 19.8. The fraction of sp³-hybridized carbons (Fsp3) is 0.125. The standard InChI is InChI=1S/C24H24N4O3S2/c1-15(23(30)27-19-11-4-3-10-18(19)22(25)29)33-17-9-7-8-16(14-17)26-24(32)28-20-12-5-6-13-21(20)31-2/h3-15H,1-2H3,(H2,25,29)(H,27,30)(H2,26,28,32). The fourth-order valence-electron chi connectivity index (χ4n) is 2.98. The highest BCUT2D eigenvalue weighted by Crippen LogP contribution is 2.28. The van der Waals surface area contributed by atoms with Gasteiger partial charge in [0.15, 0.2) is 5.11 Å². The van der Waals surface area contributed by atoms with Crippen LogP contribution in [0.5, 0.6) is 5.75 Å². The molecule has 2 amide bonds. The maximum absolute atomic E-state index is 12.7. The highest BCUT2D eigenvalue weighted by molar-refractivity contribution is 8.00. The van der Waals surface area contributed by atoms with E-state index in [2.05, 4.69) is 16.0 Å². The van der Waals surface area contributed by atoms with Crippen molar-refractivity contribution in [1.82, 2.24) is 0 Å². The van der Waals surface area contributed by atoms with Gasteiger partial charge in [-0.3, -0.25) is 9.59 Å². The number of hydrogen-bond donors (Lipinski definition) is 4. The van der Waals surface area contributed by atoms with Gasteiger partial charge in [0.25, 0.3) is 5.91 Å². The Balaban J connectivity index is 1.62. The molecule has 3 aromatic carbocycles. The number of thiocarbonyl (C=S) groups is 1. The Morgan fingerprint density at radius 1 is 0.939 bits per heavy atom. The summed E-state index contributed by atoms with van der Waals surface area (Å²) in [6.45, 7) is 1.79. The third-order valence-corrected chi connectivity index (χ3v) is 5.88. The Hall–Kier alpha value is -3.56. The minimum absolute atomic E-state index is 0.236. The molecule has 0 aliphatic carbocycles. The average molecular weight is 481 g/mol. The van der Waals surface area contributed by atoms with Crippen molar-refractivity contribution >= 4 is 58.0 Å². The highest BCUT2D eigenvalue weighted by atomic mass is 32.2. The molecule has 0 saturated heterocycles. The number of amides is 2. The van der Waals surface area contributed by atoms with E-state index in [4.69, 9.17) is 22.7 Å². The molecular weight excluding hydrogens is 456 g/mol. The monoisotopic (exact) mass is 480 g/mol. The van der Waals surface area contributed by atoms with E-state index in [1.165, 1.54) is 11.8 Å². The third kappa shape index (κ3) is 6.71. The van der Waals surface area contributed by atoms with Crippen molar-refractivity contribution in [2.75, 3.05) is 23.1 Å². The summed E-state index contributed by atoms with van der Waals surface area (Å²) in [5, 5.41) is 9.03. The van der Waals surface area contributed by atoms with Crippen LogP contribution in [0.1, 0.15) is 17.3 Å². The molecule has 0 radical (unpaired) electrons. The van der Waals surface area contributed by atoms with Gasteiger partial charge in [-0.1, -0.05) is 30.3 Å². The minimum atomic E-state index is -0.595. The summed E-state index contributed by atoms with van der Waals surface area (Å²) < 4.78 is 5.33. The molecule has 3 aromatic rings. The third-order valence-electron chi connectivity index (χ3n) is 4.58. The van der Waals surface area contributed by atoms with E-state index < -0.39 is 11.2 Å². The normalized spacial score (nSPS) is 11.2. The van der Waals surface area contributed by atoms with E-state index in [1.807, 2.05) is 48.5 Å². The molecule has 170 valence electrons. The molecule has 3 rings (SSSR count). The Kier molecular flexibility index (Phi) is 8.28. The molecule has 0 aromatic heterocycles. The smallest absolute Gasteiger partial charge is 0.250 e. The molecule has 0 saturated carbocycles. The van der Waals surface area contributed by atoms with Gasteiger partial charge in [-0.15, -0.1) is 11.8 Å². The van der Waals surface area contributed by atoms with Gasteiger partial charge in [0.2, 0.25) is 5.91 Å². The highest BCUT2D eigenvalue weighted by Gasteiger charge is 2.17. The summed E-state index contributed by atoms with van der Waals surface area (Å²) in [6.07, 6.45) is 0. The molecule has 0 bridgehead atoms. The number of methoxy groups -OCH3 is 1. The number of anilines is 3. The molecule has 0 heterocycles. The van der Waals surface area contributed by atoms with Crippen molar-refractivity contribution < 1.29 is 14.3 Å². The first kappa shape index (κ1) is 24.1. The summed E-state index contributed by atoms with van der Waals surface area (Å²) in [4.78, 5) is 25.1. The van der Waals surface area contributed by atoms with E-state index >= 15 is 0 Å². The Bertz CT molecular complexity index is 1170. The lowest BCUT2D eigenvalue weighted by Gasteiger charge is -2.15. The van der Waals surface area contributed by atoms with E-state index in [0.29, 0.717) is 16.5 Å². The first-order valence-corrected chi connectivity index (χ1v) is 11.3. The molecule has 7 nitrogen and oxygen atoms in total. The number of ether oxygens (including phenoxy) is 1. The van der Waals surface area contributed by atoms with Gasteiger partial charge in [0.05, 0.1) is 29.3 Å². The molecule has 0 fully saturated rings. The van der Waals surface area contributed by atoms with Gasteiger partial charge in [0, 0.05) is 10.6 Å². The Morgan fingerprint density at radius 2 is 1.64 bits per heavy atom. The molecule has 0 aliphatic heterocycles. The van der Waals surface area contributed by atoms with E-state index in [1.54, 1.807) is 38.3 Å². The second-order valence-corrected chi connectivity index (χ2v) is 8.79. The number of carbonyl (C=O) groups excluding carboxylic acids is 2. The summed E-state index contributed by atoms with van der Waals surface area (Å²) in [6, 6.07) is 21.7. The van der Waals surface area contributed by atoms with E-state index in [9.17, 15) is 9.59 Å². The number of benzene rings is 3. The molecule has 5 N–H and O–H groups in total. The van der Waals surface area contributed by atoms with Crippen LogP contribution >= 0.6 is 24.0 Å². The summed E-state index contributed by atoms with van der Waals surface area (Å²) in [5.41, 5.74) is 7.58. The number of thioether (sulfide) groups is 1. The van der Waals surface area contributed by atoms with Crippen molar-refractivity contribution in [2.24, 2.45) is 5.73 Å². The lowest BCUT2D eigenvalue weighted by Crippen LogP contribution is -2.24. The van der Waals surface area contributed by atoms with Crippen molar-refractivity contribution in [3.05, 3.63) is 78.4 Å². The predicted molar refractivity (Wildman–Crippen MR) is 138 cm³/mol. The predicted octanol–water partition coefficient (Wildman–Crippen LogP) is 4.72. The van der Waals surface area contributed by atoms with Gasteiger partial charge < -0.3 is 26.4 Å². The van der Waals surface area contributed by atoms with Crippen molar-refractivity contribution in [2.45, 2.75) is 17.1 Å². The van der Waals surface area contributed by atoms with Crippen molar-refractivity contribution in [3.63, 3.8) is 0 Å². The van der Waals surface area contributed by atoms with Crippen molar-refractivity contribution in [3.8, 4) is 5.75 Å². The fourth-order valence-corrected chi connectivity index (χ4v) is 4.13. The van der Waals surface area contributed by atoms with Gasteiger partial charge in [-0.05, 0) is 61.6 Å².